The predicted octanol–water partition coefficient (Wildman–Crippen LogP) is 3.08. The van der Waals surface area contributed by atoms with E-state index in [0.717, 1.165) is 63.3 Å². The summed E-state index contributed by atoms with van der Waals surface area (Å²) in [5.74, 6) is 2.74. The zero-order valence-corrected chi connectivity index (χ0v) is 21.9. The number of piperazine rings is 1. The van der Waals surface area contributed by atoms with Crippen LogP contribution in [0.1, 0.15) is 70.6 Å². The Kier molecular flexibility index (Phi) is 8.59. The second-order valence-electron chi connectivity index (χ2n) is 11.0. The molecule has 3 rings (SSSR count). The van der Waals surface area contributed by atoms with Gasteiger partial charge in [0.05, 0.1) is 11.7 Å². The van der Waals surface area contributed by atoms with E-state index >= 15 is 0 Å². The van der Waals surface area contributed by atoms with E-state index in [4.69, 9.17) is 4.98 Å². The second-order valence-corrected chi connectivity index (χ2v) is 11.0. The highest BCUT2D eigenvalue weighted by Gasteiger charge is 2.39. The van der Waals surface area contributed by atoms with E-state index in [9.17, 15) is 9.59 Å². The molecule has 0 spiro atoms. The van der Waals surface area contributed by atoms with Crippen molar-refractivity contribution in [2.45, 2.75) is 85.7 Å². The topological polar surface area (TPSA) is 70.5 Å². The zero-order valence-electron chi connectivity index (χ0n) is 21.9. The Bertz CT molecular complexity index is 823. The monoisotopic (exact) mass is 459 g/mol. The Morgan fingerprint density at radius 3 is 2.30 bits per heavy atom. The van der Waals surface area contributed by atoms with Gasteiger partial charge in [-0.2, -0.15) is 0 Å². The molecule has 1 N–H and O–H groups in total. The molecule has 2 amide bonds. The minimum absolute atomic E-state index is 0.101. The van der Waals surface area contributed by atoms with Crippen LogP contribution in [0.5, 0.6) is 0 Å². The van der Waals surface area contributed by atoms with Gasteiger partial charge in [-0.05, 0) is 57.3 Å². The van der Waals surface area contributed by atoms with E-state index < -0.39 is 0 Å². The van der Waals surface area contributed by atoms with E-state index in [1.807, 2.05) is 9.80 Å². The van der Waals surface area contributed by atoms with E-state index in [1.165, 1.54) is 5.69 Å². The number of rotatable bonds is 8. The van der Waals surface area contributed by atoms with E-state index in [2.05, 4.69) is 58.5 Å². The number of nitrogens with one attached hydrogen (secondary N) is 1. The molecule has 2 fully saturated rings. The first kappa shape index (κ1) is 25.7. The summed E-state index contributed by atoms with van der Waals surface area (Å²) in [6.07, 6.45) is 4.50. The van der Waals surface area contributed by atoms with Crippen LogP contribution in [0.4, 0.5) is 0 Å². The van der Waals surface area contributed by atoms with Gasteiger partial charge in [-0.25, -0.2) is 4.98 Å². The van der Waals surface area contributed by atoms with Crippen LogP contribution in [-0.2, 0) is 23.1 Å². The van der Waals surface area contributed by atoms with Crippen LogP contribution < -0.4 is 5.32 Å². The van der Waals surface area contributed by atoms with Gasteiger partial charge in [-0.15, -0.1) is 0 Å². The molecule has 7 nitrogen and oxygen atoms in total. The van der Waals surface area contributed by atoms with Crippen molar-refractivity contribution in [1.82, 2.24) is 24.7 Å². The number of imidazole rings is 1. The molecule has 186 valence electrons. The lowest BCUT2D eigenvalue weighted by atomic mass is 9.91. The normalized spacial score (nSPS) is 21.4. The Morgan fingerprint density at radius 1 is 1.09 bits per heavy atom. The number of likely N-dealkylation sites (tertiary alicyclic amines) is 1. The summed E-state index contributed by atoms with van der Waals surface area (Å²) in [7, 11) is 2.09. The summed E-state index contributed by atoms with van der Waals surface area (Å²) < 4.78 is 2.20. The van der Waals surface area contributed by atoms with Crippen LogP contribution in [0.3, 0.4) is 0 Å². The van der Waals surface area contributed by atoms with Crippen molar-refractivity contribution in [2.75, 3.05) is 26.2 Å². The highest BCUT2D eigenvalue weighted by atomic mass is 16.2. The maximum absolute atomic E-state index is 13.7. The smallest absolute Gasteiger partial charge is 0.245 e. The number of hydrogen-bond acceptors (Lipinski definition) is 4. The molecule has 0 saturated carbocycles. The third-order valence-corrected chi connectivity index (χ3v) is 7.50. The van der Waals surface area contributed by atoms with Gasteiger partial charge < -0.3 is 19.7 Å². The van der Waals surface area contributed by atoms with Crippen molar-refractivity contribution in [2.24, 2.45) is 24.8 Å². The van der Waals surface area contributed by atoms with Gasteiger partial charge in [-0.1, -0.05) is 27.7 Å². The number of carbonyl (C=O) groups is 2. The molecule has 0 bridgehead atoms. The molecule has 0 aliphatic carbocycles. The first-order chi connectivity index (χ1) is 15.6. The average Bonchev–Trinajstić information content (AvgIpc) is 3.00. The van der Waals surface area contributed by atoms with Crippen molar-refractivity contribution >= 4 is 11.8 Å². The van der Waals surface area contributed by atoms with E-state index in [-0.39, 0.29) is 23.9 Å². The van der Waals surface area contributed by atoms with Gasteiger partial charge in [0.25, 0.3) is 0 Å². The summed E-state index contributed by atoms with van der Waals surface area (Å²) >= 11 is 0. The summed E-state index contributed by atoms with van der Waals surface area (Å²) in [4.78, 5) is 35.6. The lowest BCUT2D eigenvalue weighted by molar-refractivity contribution is -0.150. The first-order valence-corrected chi connectivity index (χ1v) is 12.9. The minimum Gasteiger partial charge on any atom is -0.341 e. The van der Waals surface area contributed by atoms with Crippen LogP contribution in [0.25, 0.3) is 0 Å². The lowest BCUT2D eigenvalue weighted by Crippen LogP contribution is -2.62. The van der Waals surface area contributed by atoms with Crippen LogP contribution in [0, 0.1) is 31.6 Å². The zero-order chi connectivity index (χ0) is 24.3. The highest BCUT2D eigenvalue weighted by molar-refractivity contribution is 5.90. The number of piperidine rings is 1. The van der Waals surface area contributed by atoms with Crippen molar-refractivity contribution in [3.8, 4) is 0 Å². The maximum atomic E-state index is 13.7. The third kappa shape index (κ3) is 6.17. The Morgan fingerprint density at radius 2 is 1.76 bits per heavy atom. The lowest BCUT2D eigenvalue weighted by Gasteiger charge is -2.42. The molecule has 7 heteroatoms. The van der Waals surface area contributed by atoms with Gasteiger partial charge in [0.1, 0.15) is 11.9 Å². The number of aromatic nitrogens is 2. The molecule has 1 aromatic rings. The Labute approximate surface area is 200 Å². The van der Waals surface area contributed by atoms with E-state index in [0.29, 0.717) is 24.3 Å². The number of nitrogens with zero attached hydrogens (tertiary/aromatic N) is 4. The fourth-order valence-corrected chi connectivity index (χ4v) is 5.32. The first-order valence-electron chi connectivity index (χ1n) is 12.9. The van der Waals surface area contributed by atoms with Gasteiger partial charge in [0.15, 0.2) is 0 Å². The molecule has 0 unspecified atom stereocenters. The molecule has 2 saturated heterocycles. The van der Waals surface area contributed by atoms with Gasteiger partial charge >= 0.3 is 0 Å². The Hall–Kier alpha value is -1.89. The predicted molar refractivity (Wildman–Crippen MR) is 132 cm³/mol. The van der Waals surface area contributed by atoms with Gasteiger partial charge in [0, 0.05) is 45.3 Å². The van der Waals surface area contributed by atoms with Crippen molar-refractivity contribution in [1.29, 1.82) is 0 Å². The maximum Gasteiger partial charge on any atom is 0.245 e. The van der Waals surface area contributed by atoms with Crippen LogP contribution in [0.2, 0.25) is 0 Å². The SMILES string of the molecule is Cc1nc(CC2CCN(C(=O)[C@H](CC(C)C)N3CCN[C@@H](CC(C)C)C3=O)CC2)n(C)c1C. The highest BCUT2D eigenvalue weighted by Crippen LogP contribution is 2.25. The minimum atomic E-state index is -0.342. The molecule has 1 aromatic heterocycles. The Balaban J connectivity index is 1.64. The number of aryl methyl sites for hydroxylation is 1. The molecular weight excluding hydrogens is 414 g/mol. The molecule has 2 atom stereocenters. The number of amides is 2. The molecule has 2 aliphatic heterocycles. The molecule has 33 heavy (non-hydrogen) atoms. The van der Waals surface area contributed by atoms with Crippen molar-refractivity contribution in [3.63, 3.8) is 0 Å². The summed E-state index contributed by atoms with van der Waals surface area (Å²) in [5.41, 5.74) is 2.33. The van der Waals surface area contributed by atoms with E-state index in [1.54, 1.807) is 0 Å². The fraction of sp³-hybridized carbons (Fsp3) is 0.808. The quantitative estimate of drug-likeness (QED) is 0.649. The van der Waals surface area contributed by atoms with Gasteiger partial charge in [0.2, 0.25) is 11.8 Å². The van der Waals surface area contributed by atoms with Crippen molar-refractivity contribution < 1.29 is 9.59 Å². The van der Waals surface area contributed by atoms with Gasteiger partial charge in [-0.3, -0.25) is 9.59 Å². The molecule has 3 heterocycles. The number of hydrogen-bond donors (Lipinski definition) is 1. The fourth-order valence-electron chi connectivity index (χ4n) is 5.32. The summed E-state index contributed by atoms with van der Waals surface area (Å²) in [5, 5.41) is 3.37. The van der Waals surface area contributed by atoms with Crippen molar-refractivity contribution in [3.05, 3.63) is 17.2 Å². The van der Waals surface area contributed by atoms with Crippen LogP contribution >= 0.6 is 0 Å². The largest absolute Gasteiger partial charge is 0.341 e. The van der Waals surface area contributed by atoms with Crippen LogP contribution in [-0.4, -0.2) is 69.4 Å². The summed E-state index contributed by atoms with van der Waals surface area (Å²) in [6, 6.07) is -0.512. The molecule has 0 radical (unpaired) electrons. The van der Waals surface area contributed by atoms with Crippen LogP contribution in [0.15, 0.2) is 0 Å². The second kappa shape index (κ2) is 11.0. The summed E-state index contributed by atoms with van der Waals surface area (Å²) in [6.45, 7) is 15.7. The third-order valence-electron chi connectivity index (χ3n) is 7.50. The molecule has 0 aromatic carbocycles. The number of carbonyl (C=O) groups excluding carboxylic acids is 2. The average molecular weight is 460 g/mol. The molecular formula is C26H45N5O2. The standard InChI is InChI=1S/C26H45N5O2/c1-17(2)14-22-25(32)31(13-10-27-22)23(15-18(3)4)26(33)30-11-8-21(9-12-30)16-24-28-19(5)20(6)29(24)7/h17-18,21-23,27H,8-16H2,1-7H3/t22-,23-/m0/s1. The molecule has 2 aliphatic rings.